The van der Waals surface area contributed by atoms with Crippen LogP contribution >= 0.6 is 0 Å². The number of unbranched alkanes of at least 4 members (excludes halogenated alkanes) is 9. The molecule has 0 aliphatic heterocycles. The molecule has 190 valence electrons. The second-order valence-electron chi connectivity index (χ2n) is 8.70. The van der Waals surface area contributed by atoms with Crippen LogP contribution in [0.1, 0.15) is 110 Å². The number of aliphatic hydroxyl groups excluding tert-OH is 2. The molecule has 0 saturated heterocycles. The van der Waals surface area contributed by atoms with Crippen LogP contribution in [-0.4, -0.2) is 34.9 Å². The molecule has 33 heavy (non-hydrogen) atoms. The molecule has 0 heterocycles. The van der Waals surface area contributed by atoms with Crippen LogP contribution in [0.25, 0.3) is 0 Å². The van der Waals surface area contributed by atoms with Crippen LogP contribution in [0.5, 0.6) is 0 Å². The molecule has 0 aromatic carbocycles. The highest BCUT2D eigenvalue weighted by molar-refractivity contribution is 5.76. The largest absolute Gasteiger partial charge is 0.394 e. The van der Waals surface area contributed by atoms with Gasteiger partial charge in [-0.05, 0) is 57.8 Å². The van der Waals surface area contributed by atoms with Crippen molar-refractivity contribution in [3.05, 3.63) is 48.6 Å². The minimum atomic E-state index is -0.868. The van der Waals surface area contributed by atoms with E-state index in [0.29, 0.717) is 6.42 Å². The van der Waals surface area contributed by atoms with Crippen LogP contribution in [-0.2, 0) is 4.79 Å². The molecule has 0 radical (unpaired) electrons. The van der Waals surface area contributed by atoms with Crippen molar-refractivity contribution in [1.29, 1.82) is 0 Å². The molecule has 0 aliphatic carbocycles. The zero-order valence-corrected chi connectivity index (χ0v) is 21.4. The van der Waals surface area contributed by atoms with Gasteiger partial charge in [0.15, 0.2) is 0 Å². The smallest absolute Gasteiger partial charge is 0.220 e. The summed E-state index contributed by atoms with van der Waals surface area (Å²) in [6.45, 7) is 4.08. The number of amides is 1. The summed E-state index contributed by atoms with van der Waals surface area (Å²) in [6.07, 6.45) is 31.8. The van der Waals surface area contributed by atoms with E-state index in [1.54, 1.807) is 6.08 Å². The number of carbonyl (C=O) groups excluding carboxylic acids is 1. The van der Waals surface area contributed by atoms with E-state index in [0.717, 1.165) is 57.8 Å². The maximum Gasteiger partial charge on any atom is 0.220 e. The minimum absolute atomic E-state index is 0.0968. The summed E-state index contributed by atoms with van der Waals surface area (Å²) in [5.41, 5.74) is 0. The van der Waals surface area contributed by atoms with E-state index < -0.39 is 12.1 Å². The van der Waals surface area contributed by atoms with Gasteiger partial charge in [-0.2, -0.15) is 0 Å². The van der Waals surface area contributed by atoms with Gasteiger partial charge >= 0.3 is 0 Å². The maximum atomic E-state index is 12.1. The molecule has 4 nitrogen and oxygen atoms in total. The second kappa shape index (κ2) is 25.0. The molecule has 0 rings (SSSR count). The average molecular weight is 462 g/mol. The van der Waals surface area contributed by atoms with Gasteiger partial charge in [-0.3, -0.25) is 4.79 Å². The van der Waals surface area contributed by atoms with Crippen molar-refractivity contribution in [2.24, 2.45) is 0 Å². The zero-order chi connectivity index (χ0) is 24.4. The number of nitrogens with one attached hydrogen (secondary N) is 1. The van der Waals surface area contributed by atoms with Gasteiger partial charge in [-0.1, -0.05) is 94.6 Å². The van der Waals surface area contributed by atoms with Crippen LogP contribution in [0.4, 0.5) is 0 Å². The monoisotopic (exact) mass is 461 g/mol. The van der Waals surface area contributed by atoms with Crippen molar-refractivity contribution in [3.8, 4) is 0 Å². The summed E-state index contributed by atoms with van der Waals surface area (Å²) in [5, 5.41) is 22.6. The molecule has 0 aromatic heterocycles. The first kappa shape index (κ1) is 31.4. The molecule has 0 bridgehead atoms. The average Bonchev–Trinajstić information content (AvgIpc) is 2.82. The Labute approximate surface area is 203 Å². The molecule has 2 unspecified atom stereocenters. The Morgan fingerprint density at radius 3 is 1.91 bits per heavy atom. The first-order valence-corrected chi connectivity index (χ1v) is 13.4. The van der Waals surface area contributed by atoms with Gasteiger partial charge in [-0.15, -0.1) is 0 Å². The van der Waals surface area contributed by atoms with E-state index >= 15 is 0 Å². The lowest BCUT2D eigenvalue weighted by Gasteiger charge is -2.19. The van der Waals surface area contributed by atoms with Gasteiger partial charge in [0.25, 0.3) is 0 Å². The van der Waals surface area contributed by atoms with E-state index in [-0.39, 0.29) is 12.5 Å². The minimum Gasteiger partial charge on any atom is -0.394 e. The van der Waals surface area contributed by atoms with Crippen molar-refractivity contribution in [1.82, 2.24) is 5.32 Å². The number of allylic oxidation sites excluding steroid dienone is 7. The van der Waals surface area contributed by atoms with Crippen LogP contribution in [0, 0.1) is 0 Å². The van der Waals surface area contributed by atoms with E-state index in [1.165, 1.54) is 32.1 Å². The summed E-state index contributed by atoms with van der Waals surface area (Å²) in [5.74, 6) is -0.0968. The standard InChI is InChI=1S/C29H51NO3/c1-3-5-7-9-11-13-15-17-19-21-23-25-29(33)30-27(26-31)28(32)24-22-20-18-16-14-12-10-8-6-4-2/h6,8-9,11,14,16,22,24,27-28,31-32H,3-5,7,10,12-13,15,17-21,23,25-26H2,1-2H3,(H,30,33)/b8-6+,11-9-,16-14+,24-22+. The van der Waals surface area contributed by atoms with Crippen molar-refractivity contribution < 1.29 is 15.0 Å². The fourth-order valence-electron chi connectivity index (χ4n) is 3.43. The summed E-state index contributed by atoms with van der Waals surface area (Å²) in [6, 6.07) is -0.644. The Kier molecular flexibility index (Phi) is 23.7. The SMILES string of the molecule is CC/C=C/CC/C=C/CC/C=C/C(O)C(CO)NC(=O)CCCCCCC/C=C\CCCC. The molecular formula is C29H51NO3. The quantitative estimate of drug-likeness (QED) is 0.121. The van der Waals surface area contributed by atoms with Crippen molar-refractivity contribution in [3.63, 3.8) is 0 Å². The van der Waals surface area contributed by atoms with Gasteiger partial charge in [-0.25, -0.2) is 0 Å². The molecular weight excluding hydrogens is 410 g/mol. The van der Waals surface area contributed by atoms with Crippen molar-refractivity contribution in [2.45, 2.75) is 122 Å². The molecule has 3 N–H and O–H groups in total. The number of hydrogen-bond acceptors (Lipinski definition) is 3. The van der Waals surface area contributed by atoms with Gasteiger partial charge in [0.1, 0.15) is 0 Å². The highest BCUT2D eigenvalue weighted by Gasteiger charge is 2.17. The van der Waals surface area contributed by atoms with Crippen molar-refractivity contribution in [2.75, 3.05) is 6.61 Å². The van der Waals surface area contributed by atoms with Crippen molar-refractivity contribution >= 4 is 5.91 Å². The summed E-state index contributed by atoms with van der Waals surface area (Å²) < 4.78 is 0. The molecule has 0 aliphatic rings. The summed E-state index contributed by atoms with van der Waals surface area (Å²) >= 11 is 0. The van der Waals surface area contributed by atoms with Gasteiger partial charge in [0, 0.05) is 6.42 Å². The maximum absolute atomic E-state index is 12.1. The molecule has 0 saturated carbocycles. The topological polar surface area (TPSA) is 69.6 Å². The third-order valence-electron chi connectivity index (χ3n) is 5.52. The fraction of sp³-hybridized carbons (Fsp3) is 0.690. The third-order valence-corrected chi connectivity index (χ3v) is 5.52. The highest BCUT2D eigenvalue weighted by atomic mass is 16.3. The Balaban J connectivity index is 3.84. The number of rotatable bonds is 22. The van der Waals surface area contributed by atoms with Crippen LogP contribution in [0.15, 0.2) is 48.6 Å². The van der Waals surface area contributed by atoms with E-state index in [1.807, 2.05) is 6.08 Å². The van der Waals surface area contributed by atoms with E-state index in [4.69, 9.17) is 0 Å². The molecule has 0 spiro atoms. The van der Waals surface area contributed by atoms with Gasteiger partial charge in [0.05, 0.1) is 18.8 Å². The predicted octanol–water partition coefficient (Wildman–Crippen LogP) is 6.94. The van der Waals surface area contributed by atoms with Gasteiger partial charge in [0.2, 0.25) is 5.91 Å². The first-order chi connectivity index (χ1) is 16.2. The normalized spacial score (nSPS) is 14.2. The van der Waals surface area contributed by atoms with E-state index in [2.05, 4.69) is 55.6 Å². The Morgan fingerprint density at radius 2 is 1.27 bits per heavy atom. The van der Waals surface area contributed by atoms with E-state index in [9.17, 15) is 15.0 Å². The fourth-order valence-corrected chi connectivity index (χ4v) is 3.43. The molecule has 4 heteroatoms. The first-order valence-electron chi connectivity index (χ1n) is 13.4. The van der Waals surface area contributed by atoms with Crippen LogP contribution in [0.2, 0.25) is 0 Å². The third kappa shape index (κ3) is 21.9. The molecule has 0 fully saturated rings. The lowest BCUT2D eigenvalue weighted by Crippen LogP contribution is -2.45. The summed E-state index contributed by atoms with van der Waals surface area (Å²) in [4.78, 5) is 12.1. The Bertz CT molecular complexity index is 551. The number of carbonyl (C=O) groups is 1. The lowest BCUT2D eigenvalue weighted by molar-refractivity contribution is -0.123. The molecule has 0 aromatic rings. The van der Waals surface area contributed by atoms with Crippen LogP contribution in [0.3, 0.4) is 0 Å². The summed E-state index contributed by atoms with van der Waals surface area (Å²) in [7, 11) is 0. The number of aliphatic hydroxyl groups is 2. The molecule has 2 atom stereocenters. The number of hydrogen-bond donors (Lipinski definition) is 3. The Morgan fingerprint density at radius 1 is 0.727 bits per heavy atom. The second-order valence-corrected chi connectivity index (χ2v) is 8.70. The highest BCUT2D eigenvalue weighted by Crippen LogP contribution is 2.09. The predicted molar refractivity (Wildman–Crippen MR) is 142 cm³/mol. The Hall–Kier alpha value is -1.65. The van der Waals surface area contributed by atoms with Crippen LogP contribution < -0.4 is 5.32 Å². The lowest BCUT2D eigenvalue weighted by atomic mass is 10.1. The molecule has 1 amide bonds. The van der Waals surface area contributed by atoms with Gasteiger partial charge < -0.3 is 15.5 Å². The zero-order valence-electron chi connectivity index (χ0n) is 21.4.